The fourth-order valence-electron chi connectivity index (χ4n) is 3.03. The summed E-state index contributed by atoms with van der Waals surface area (Å²) in [5, 5.41) is 6.14. The molecular formula is C19H20Cl2FN3O. The van der Waals surface area contributed by atoms with Crippen LogP contribution in [0.15, 0.2) is 42.5 Å². The molecule has 0 unspecified atom stereocenters. The van der Waals surface area contributed by atoms with Gasteiger partial charge in [0.05, 0.1) is 10.7 Å². The van der Waals surface area contributed by atoms with Crippen LogP contribution in [-0.4, -0.2) is 30.1 Å². The Kier molecular flexibility index (Phi) is 6.35. The van der Waals surface area contributed by atoms with Crippen LogP contribution in [-0.2, 0) is 6.54 Å². The molecule has 3 rings (SSSR count). The highest BCUT2D eigenvalue weighted by molar-refractivity contribution is 6.31. The molecule has 0 saturated carbocycles. The van der Waals surface area contributed by atoms with Crippen molar-refractivity contribution in [1.29, 1.82) is 0 Å². The Bertz CT molecular complexity index is 762. The minimum absolute atomic E-state index is 0.0155. The zero-order chi connectivity index (χ0) is 18.5. The molecule has 1 aliphatic rings. The van der Waals surface area contributed by atoms with E-state index in [1.165, 1.54) is 17.7 Å². The zero-order valence-electron chi connectivity index (χ0n) is 14.1. The molecule has 1 aliphatic heterocycles. The van der Waals surface area contributed by atoms with Crippen molar-refractivity contribution in [2.75, 3.05) is 18.4 Å². The lowest BCUT2D eigenvalue weighted by molar-refractivity contribution is 0.190. The van der Waals surface area contributed by atoms with Gasteiger partial charge in [-0.3, -0.25) is 4.90 Å². The molecule has 2 aromatic carbocycles. The Morgan fingerprint density at radius 3 is 2.50 bits per heavy atom. The van der Waals surface area contributed by atoms with Crippen LogP contribution in [0.3, 0.4) is 0 Å². The van der Waals surface area contributed by atoms with E-state index in [9.17, 15) is 9.18 Å². The molecule has 2 aromatic rings. The first kappa shape index (κ1) is 19.0. The molecule has 138 valence electrons. The van der Waals surface area contributed by atoms with Gasteiger partial charge in [-0.1, -0.05) is 41.4 Å². The van der Waals surface area contributed by atoms with Crippen LogP contribution in [0.25, 0.3) is 0 Å². The van der Waals surface area contributed by atoms with E-state index in [-0.39, 0.29) is 16.8 Å². The Labute approximate surface area is 162 Å². The second-order valence-electron chi connectivity index (χ2n) is 6.38. The Hall–Kier alpha value is -1.82. The van der Waals surface area contributed by atoms with Gasteiger partial charge in [0.25, 0.3) is 0 Å². The summed E-state index contributed by atoms with van der Waals surface area (Å²) in [6, 6.07) is 12.0. The highest BCUT2D eigenvalue weighted by Crippen LogP contribution is 2.22. The van der Waals surface area contributed by atoms with Gasteiger partial charge >= 0.3 is 6.03 Å². The van der Waals surface area contributed by atoms with Gasteiger partial charge in [-0.2, -0.15) is 0 Å². The van der Waals surface area contributed by atoms with Crippen LogP contribution in [0.1, 0.15) is 18.4 Å². The van der Waals surface area contributed by atoms with Gasteiger partial charge in [0.2, 0.25) is 0 Å². The molecular weight excluding hydrogens is 376 g/mol. The van der Waals surface area contributed by atoms with Crippen molar-refractivity contribution in [1.82, 2.24) is 10.2 Å². The summed E-state index contributed by atoms with van der Waals surface area (Å²) in [4.78, 5) is 14.4. The average molecular weight is 396 g/mol. The second-order valence-corrected chi connectivity index (χ2v) is 7.22. The van der Waals surface area contributed by atoms with Gasteiger partial charge in [-0.15, -0.1) is 0 Å². The number of piperidine rings is 1. The van der Waals surface area contributed by atoms with Crippen molar-refractivity contribution >= 4 is 34.9 Å². The molecule has 2 amide bonds. The third-order valence-electron chi connectivity index (χ3n) is 4.44. The fraction of sp³-hybridized carbons (Fsp3) is 0.316. The van der Waals surface area contributed by atoms with Gasteiger partial charge in [0.15, 0.2) is 5.82 Å². The summed E-state index contributed by atoms with van der Waals surface area (Å²) < 4.78 is 13.8. The highest BCUT2D eigenvalue weighted by Gasteiger charge is 2.21. The molecule has 1 heterocycles. The van der Waals surface area contributed by atoms with Crippen LogP contribution >= 0.6 is 23.2 Å². The number of carbonyl (C=O) groups is 1. The lowest BCUT2D eigenvalue weighted by Crippen LogP contribution is -2.45. The summed E-state index contributed by atoms with van der Waals surface area (Å²) in [5.41, 5.74) is 1.30. The number of carbonyl (C=O) groups excluding carboxylic acids is 1. The number of nitrogens with zero attached hydrogens (tertiary/aromatic N) is 1. The van der Waals surface area contributed by atoms with Crippen molar-refractivity contribution in [3.8, 4) is 0 Å². The number of halogens is 3. The predicted molar refractivity (Wildman–Crippen MR) is 103 cm³/mol. The second kappa shape index (κ2) is 8.71. The number of likely N-dealkylation sites (tertiary alicyclic amines) is 1. The molecule has 1 saturated heterocycles. The van der Waals surface area contributed by atoms with E-state index in [0.717, 1.165) is 37.5 Å². The maximum atomic E-state index is 13.8. The van der Waals surface area contributed by atoms with Crippen LogP contribution in [0.2, 0.25) is 10.0 Å². The summed E-state index contributed by atoms with van der Waals surface area (Å²) in [5.74, 6) is -0.623. The molecule has 4 nitrogen and oxygen atoms in total. The van der Waals surface area contributed by atoms with Crippen molar-refractivity contribution in [2.24, 2.45) is 0 Å². The van der Waals surface area contributed by atoms with Crippen molar-refractivity contribution in [3.05, 3.63) is 63.9 Å². The molecule has 2 N–H and O–H groups in total. The third kappa shape index (κ3) is 5.10. The van der Waals surface area contributed by atoms with Gasteiger partial charge < -0.3 is 10.6 Å². The van der Waals surface area contributed by atoms with Gasteiger partial charge in [0.1, 0.15) is 0 Å². The summed E-state index contributed by atoms with van der Waals surface area (Å²) in [7, 11) is 0. The predicted octanol–water partition coefficient (Wildman–Crippen LogP) is 4.92. The van der Waals surface area contributed by atoms with Gasteiger partial charge in [-0.25, -0.2) is 9.18 Å². The number of anilines is 1. The summed E-state index contributed by atoms with van der Waals surface area (Å²) >= 11 is 11.6. The number of hydrogen-bond acceptors (Lipinski definition) is 2. The Morgan fingerprint density at radius 1 is 1.12 bits per heavy atom. The lowest BCUT2D eigenvalue weighted by Gasteiger charge is -2.32. The van der Waals surface area contributed by atoms with Gasteiger partial charge in [0, 0.05) is 30.7 Å². The maximum absolute atomic E-state index is 13.8. The molecule has 26 heavy (non-hydrogen) atoms. The third-order valence-corrected chi connectivity index (χ3v) is 4.99. The molecule has 1 fully saturated rings. The molecule has 0 atom stereocenters. The molecule has 0 radical (unpaired) electrons. The van der Waals surface area contributed by atoms with E-state index >= 15 is 0 Å². The summed E-state index contributed by atoms with van der Waals surface area (Å²) in [6.45, 7) is 2.64. The average Bonchev–Trinajstić information content (AvgIpc) is 2.62. The molecule has 0 aromatic heterocycles. The highest BCUT2D eigenvalue weighted by atomic mass is 35.5. The van der Waals surface area contributed by atoms with Gasteiger partial charge in [-0.05, 0) is 42.7 Å². The van der Waals surface area contributed by atoms with Crippen molar-refractivity contribution in [2.45, 2.75) is 25.4 Å². The topological polar surface area (TPSA) is 44.4 Å². The minimum atomic E-state index is -0.623. The normalized spacial score (nSPS) is 15.7. The van der Waals surface area contributed by atoms with Crippen LogP contribution in [0.5, 0.6) is 0 Å². The SMILES string of the molecule is O=C(Nc1cccc(Cl)c1F)NC1CCN(Cc2ccc(Cl)cc2)CC1. The summed E-state index contributed by atoms with van der Waals surface area (Å²) in [6.07, 6.45) is 1.69. The fourth-order valence-corrected chi connectivity index (χ4v) is 3.33. The monoisotopic (exact) mass is 395 g/mol. The standard InChI is InChI=1S/C19H20Cl2FN3O/c20-14-6-4-13(5-7-14)12-25-10-8-15(9-11-25)23-19(26)24-17-3-1-2-16(21)18(17)22/h1-7,15H,8-12H2,(H2,23,24,26). The van der Waals surface area contributed by atoms with Crippen LogP contribution < -0.4 is 10.6 Å². The number of rotatable bonds is 4. The lowest BCUT2D eigenvalue weighted by atomic mass is 10.0. The largest absolute Gasteiger partial charge is 0.335 e. The van der Waals surface area contributed by atoms with E-state index in [4.69, 9.17) is 23.2 Å². The molecule has 0 bridgehead atoms. The number of urea groups is 1. The Morgan fingerprint density at radius 2 is 1.81 bits per heavy atom. The Balaban J connectivity index is 1.45. The molecule has 7 heteroatoms. The van der Waals surface area contributed by atoms with Crippen molar-refractivity contribution in [3.63, 3.8) is 0 Å². The maximum Gasteiger partial charge on any atom is 0.319 e. The van der Waals surface area contributed by atoms with Crippen LogP contribution in [0, 0.1) is 5.82 Å². The quantitative estimate of drug-likeness (QED) is 0.771. The van der Waals surface area contributed by atoms with Crippen LogP contribution in [0.4, 0.5) is 14.9 Å². The van der Waals surface area contributed by atoms with E-state index in [1.807, 2.05) is 24.3 Å². The van der Waals surface area contributed by atoms with Crippen molar-refractivity contribution < 1.29 is 9.18 Å². The first-order valence-corrected chi connectivity index (χ1v) is 9.25. The number of benzene rings is 2. The van der Waals surface area contributed by atoms with E-state index < -0.39 is 11.8 Å². The first-order chi connectivity index (χ1) is 12.5. The smallest absolute Gasteiger partial charge is 0.319 e. The van der Waals surface area contributed by atoms with E-state index in [2.05, 4.69) is 15.5 Å². The number of nitrogens with one attached hydrogen (secondary N) is 2. The molecule has 0 aliphatic carbocycles. The zero-order valence-corrected chi connectivity index (χ0v) is 15.7. The first-order valence-electron chi connectivity index (χ1n) is 8.49. The molecule has 0 spiro atoms. The minimum Gasteiger partial charge on any atom is -0.335 e. The van der Waals surface area contributed by atoms with E-state index in [0.29, 0.717) is 0 Å². The van der Waals surface area contributed by atoms with E-state index in [1.54, 1.807) is 6.07 Å². The number of hydrogen-bond donors (Lipinski definition) is 2. The number of amides is 2.